The van der Waals surface area contributed by atoms with Crippen LogP contribution in [0.4, 0.5) is 0 Å². The van der Waals surface area contributed by atoms with Crippen LogP contribution in [0.2, 0.25) is 0 Å². The van der Waals surface area contributed by atoms with Crippen LogP contribution in [0.3, 0.4) is 0 Å². The van der Waals surface area contributed by atoms with E-state index in [1.165, 1.54) is 16.3 Å². The molecule has 1 aliphatic rings. The number of hydrogen-bond donors (Lipinski definition) is 1. The van der Waals surface area contributed by atoms with Crippen LogP contribution < -0.4 is 5.73 Å². The van der Waals surface area contributed by atoms with E-state index >= 15 is 0 Å². The third kappa shape index (κ3) is 1.94. The Labute approximate surface area is 101 Å². The third-order valence-electron chi connectivity index (χ3n) is 3.54. The van der Waals surface area contributed by atoms with Crippen molar-refractivity contribution in [3.05, 3.63) is 48.0 Å². The maximum atomic E-state index is 5.98. The quantitative estimate of drug-likeness (QED) is 0.856. The van der Waals surface area contributed by atoms with Crippen LogP contribution in [-0.2, 0) is 4.74 Å². The zero-order valence-electron chi connectivity index (χ0n) is 9.80. The molecule has 2 N–H and O–H groups in total. The summed E-state index contributed by atoms with van der Waals surface area (Å²) in [6.45, 7) is 0.626. The van der Waals surface area contributed by atoms with E-state index in [2.05, 4.69) is 42.5 Å². The Morgan fingerprint density at radius 3 is 2.71 bits per heavy atom. The highest BCUT2D eigenvalue weighted by molar-refractivity contribution is 5.86. The van der Waals surface area contributed by atoms with Crippen LogP contribution in [0.15, 0.2) is 42.5 Å². The monoisotopic (exact) mass is 227 g/mol. The lowest BCUT2D eigenvalue weighted by molar-refractivity contribution is 0.0507. The Hall–Kier alpha value is -1.38. The zero-order chi connectivity index (χ0) is 11.7. The smallest absolute Gasteiger partial charge is 0.0836 e. The summed E-state index contributed by atoms with van der Waals surface area (Å²) in [6.07, 6.45) is 2.61. The Morgan fingerprint density at radius 1 is 1.06 bits per heavy atom. The Kier molecular flexibility index (Phi) is 2.83. The number of benzene rings is 2. The van der Waals surface area contributed by atoms with Gasteiger partial charge < -0.3 is 10.5 Å². The zero-order valence-corrected chi connectivity index (χ0v) is 9.80. The lowest BCUT2D eigenvalue weighted by Gasteiger charge is -2.15. The minimum atomic E-state index is 0.217. The van der Waals surface area contributed by atoms with Crippen molar-refractivity contribution in [2.75, 3.05) is 6.54 Å². The van der Waals surface area contributed by atoms with Crippen molar-refractivity contribution in [1.29, 1.82) is 0 Å². The van der Waals surface area contributed by atoms with Crippen molar-refractivity contribution in [2.24, 2.45) is 5.73 Å². The molecule has 2 atom stereocenters. The summed E-state index contributed by atoms with van der Waals surface area (Å²) < 4.78 is 5.98. The standard InChI is InChI=1S/C15H17NO/c16-10-12-8-9-15(17-12)14-7-3-5-11-4-1-2-6-13(11)14/h1-7,12,15H,8-10,16H2/t12-,15?/m1/s1. The molecule has 2 nitrogen and oxygen atoms in total. The van der Waals surface area contributed by atoms with Crippen molar-refractivity contribution in [2.45, 2.75) is 25.0 Å². The molecule has 3 rings (SSSR count). The topological polar surface area (TPSA) is 35.2 Å². The second-order valence-electron chi connectivity index (χ2n) is 4.63. The van der Waals surface area contributed by atoms with E-state index in [1.807, 2.05) is 0 Å². The van der Waals surface area contributed by atoms with E-state index in [9.17, 15) is 0 Å². The normalized spacial score (nSPS) is 24.3. The predicted octanol–water partition coefficient (Wildman–Crippen LogP) is 3.02. The first-order valence-corrected chi connectivity index (χ1v) is 6.21. The SMILES string of the molecule is NC[C@H]1CCC(c2cccc3ccccc23)O1. The van der Waals surface area contributed by atoms with Gasteiger partial charge in [0.2, 0.25) is 0 Å². The summed E-state index contributed by atoms with van der Waals surface area (Å²) in [6, 6.07) is 14.9. The van der Waals surface area contributed by atoms with Gasteiger partial charge in [0.1, 0.15) is 0 Å². The molecule has 1 unspecified atom stereocenters. The molecule has 17 heavy (non-hydrogen) atoms. The molecule has 1 saturated heterocycles. The largest absolute Gasteiger partial charge is 0.369 e. The van der Waals surface area contributed by atoms with Crippen molar-refractivity contribution in [3.8, 4) is 0 Å². The van der Waals surface area contributed by atoms with Crippen LogP contribution in [0, 0.1) is 0 Å². The first-order chi connectivity index (χ1) is 8.38. The third-order valence-corrected chi connectivity index (χ3v) is 3.54. The summed E-state index contributed by atoms with van der Waals surface area (Å²) in [5.74, 6) is 0. The Bertz CT molecular complexity index is 518. The highest BCUT2D eigenvalue weighted by Crippen LogP contribution is 2.35. The lowest BCUT2D eigenvalue weighted by atomic mass is 9.99. The second-order valence-corrected chi connectivity index (χ2v) is 4.63. The highest BCUT2D eigenvalue weighted by Gasteiger charge is 2.26. The van der Waals surface area contributed by atoms with Crippen molar-refractivity contribution in [1.82, 2.24) is 0 Å². The fourth-order valence-corrected chi connectivity index (χ4v) is 2.64. The van der Waals surface area contributed by atoms with Gasteiger partial charge in [-0.1, -0.05) is 42.5 Å². The van der Waals surface area contributed by atoms with Crippen LogP contribution >= 0.6 is 0 Å². The number of hydrogen-bond acceptors (Lipinski definition) is 2. The lowest BCUT2D eigenvalue weighted by Crippen LogP contribution is -2.18. The second kappa shape index (κ2) is 4.47. The summed E-state index contributed by atoms with van der Waals surface area (Å²) in [7, 11) is 0. The van der Waals surface area contributed by atoms with Crippen LogP contribution in [0.5, 0.6) is 0 Å². The molecule has 0 saturated carbocycles. The molecular weight excluding hydrogens is 210 g/mol. The molecule has 0 spiro atoms. The van der Waals surface area contributed by atoms with E-state index in [0.717, 1.165) is 12.8 Å². The van der Waals surface area contributed by atoms with Crippen molar-refractivity contribution < 1.29 is 4.74 Å². The molecule has 88 valence electrons. The Balaban J connectivity index is 2.00. The minimum Gasteiger partial charge on any atom is -0.369 e. The van der Waals surface area contributed by atoms with E-state index in [1.54, 1.807) is 0 Å². The Morgan fingerprint density at radius 2 is 1.88 bits per heavy atom. The number of rotatable bonds is 2. The molecule has 0 radical (unpaired) electrons. The number of fused-ring (bicyclic) bond motifs is 1. The van der Waals surface area contributed by atoms with Gasteiger partial charge in [-0.25, -0.2) is 0 Å². The van der Waals surface area contributed by atoms with Crippen LogP contribution in [0.25, 0.3) is 10.8 Å². The summed E-state index contributed by atoms with van der Waals surface area (Å²) in [5, 5.41) is 2.59. The van der Waals surface area contributed by atoms with Gasteiger partial charge in [-0.2, -0.15) is 0 Å². The molecular formula is C15H17NO. The number of ether oxygens (including phenoxy) is 1. The average Bonchev–Trinajstić information content (AvgIpc) is 2.87. The van der Waals surface area contributed by atoms with Crippen LogP contribution in [-0.4, -0.2) is 12.6 Å². The van der Waals surface area contributed by atoms with E-state index in [4.69, 9.17) is 10.5 Å². The van der Waals surface area contributed by atoms with E-state index in [0.29, 0.717) is 6.54 Å². The maximum absolute atomic E-state index is 5.98. The first-order valence-electron chi connectivity index (χ1n) is 6.21. The van der Waals surface area contributed by atoms with E-state index in [-0.39, 0.29) is 12.2 Å². The molecule has 1 heterocycles. The summed E-state index contributed by atoms with van der Waals surface area (Å²) >= 11 is 0. The van der Waals surface area contributed by atoms with Gasteiger partial charge in [-0.05, 0) is 29.2 Å². The van der Waals surface area contributed by atoms with Gasteiger partial charge >= 0.3 is 0 Å². The van der Waals surface area contributed by atoms with Crippen molar-refractivity contribution >= 4 is 10.8 Å². The minimum absolute atomic E-state index is 0.217. The number of nitrogens with two attached hydrogens (primary N) is 1. The molecule has 2 aromatic carbocycles. The average molecular weight is 227 g/mol. The molecule has 0 amide bonds. The molecule has 1 fully saturated rings. The summed E-state index contributed by atoms with van der Waals surface area (Å²) in [5.41, 5.74) is 6.97. The van der Waals surface area contributed by atoms with Crippen LogP contribution in [0.1, 0.15) is 24.5 Å². The molecule has 0 bridgehead atoms. The van der Waals surface area contributed by atoms with Gasteiger partial charge in [0, 0.05) is 6.54 Å². The van der Waals surface area contributed by atoms with Gasteiger partial charge in [0.25, 0.3) is 0 Å². The van der Waals surface area contributed by atoms with Gasteiger partial charge in [-0.3, -0.25) is 0 Å². The molecule has 0 aromatic heterocycles. The maximum Gasteiger partial charge on any atom is 0.0836 e. The van der Waals surface area contributed by atoms with E-state index < -0.39 is 0 Å². The van der Waals surface area contributed by atoms with Crippen molar-refractivity contribution in [3.63, 3.8) is 0 Å². The van der Waals surface area contributed by atoms with Gasteiger partial charge in [0.05, 0.1) is 12.2 Å². The first kappa shape index (κ1) is 10.8. The molecule has 2 aromatic rings. The highest BCUT2D eigenvalue weighted by atomic mass is 16.5. The van der Waals surface area contributed by atoms with Gasteiger partial charge in [-0.15, -0.1) is 0 Å². The molecule has 1 aliphatic heterocycles. The predicted molar refractivity (Wildman–Crippen MR) is 69.9 cm³/mol. The summed E-state index contributed by atoms with van der Waals surface area (Å²) in [4.78, 5) is 0. The fourth-order valence-electron chi connectivity index (χ4n) is 2.64. The fraction of sp³-hybridized carbons (Fsp3) is 0.333. The molecule has 2 heteroatoms. The molecule has 0 aliphatic carbocycles. The van der Waals surface area contributed by atoms with Gasteiger partial charge in [0.15, 0.2) is 0 Å².